The lowest BCUT2D eigenvalue weighted by atomic mass is 10.1. The maximum Gasteiger partial charge on any atom is 0.170 e. The van der Waals surface area contributed by atoms with Crippen molar-refractivity contribution in [3.05, 3.63) is 41.1 Å². The van der Waals surface area contributed by atoms with Crippen molar-refractivity contribution in [1.29, 1.82) is 0 Å². The second kappa shape index (κ2) is 4.08. The first-order chi connectivity index (χ1) is 8.02. The van der Waals surface area contributed by atoms with Gasteiger partial charge < -0.3 is 0 Å². The van der Waals surface area contributed by atoms with Gasteiger partial charge in [0.25, 0.3) is 0 Å². The molecule has 5 heteroatoms. The molecule has 0 amide bonds. The molecular weight excluding hydrogens is 226 g/mol. The monoisotopic (exact) mass is 236 g/mol. The van der Waals surface area contributed by atoms with Crippen molar-refractivity contribution in [2.24, 2.45) is 7.05 Å². The first-order valence-corrected chi connectivity index (χ1v) is 4.98. The van der Waals surface area contributed by atoms with E-state index in [4.69, 9.17) is 0 Å². The zero-order chi connectivity index (χ0) is 12.6. The van der Waals surface area contributed by atoms with Crippen LogP contribution in [0.2, 0.25) is 0 Å². The van der Waals surface area contributed by atoms with Crippen LogP contribution in [0.1, 0.15) is 16.1 Å². The van der Waals surface area contributed by atoms with E-state index in [1.807, 2.05) is 0 Å². The van der Waals surface area contributed by atoms with Gasteiger partial charge in [-0.1, -0.05) is 0 Å². The molecule has 88 valence electrons. The van der Waals surface area contributed by atoms with Crippen molar-refractivity contribution in [3.63, 3.8) is 0 Å². The molecule has 0 saturated carbocycles. The number of rotatable bonds is 2. The van der Waals surface area contributed by atoms with E-state index in [1.165, 1.54) is 16.8 Å². The topological polar surface area (TPSA) is 34.9 Å². The molecule has 0 spiro atoms. The van der Waals surface area contributed by atoms with E-state index < -0.39 is 11.6 Å². The summed E-state index contributed by atoms with van der Waals surface area (Å²) in [7, 11) is 1.62. The van der Waals surface area contributed by atoms with Crippen molar-refractivity contribution in [2.75, 3.05) is 0 Å². The zero-order valence-corrected chi connectivity index (χ0v) is 9.37. The summed E-state index contributed by atoms with van der Waals surface area (Å²) >= 11 is 0. The van der Waals surface area contributed by atoms with Gasteiger partial charge in [0, 0.05) is 24.2 Å². The third kappa shape index (κ3) is 1.95. The lowest BCUT2D eigenvalue weighted by Gasteiger charge is -2.04. The molecule has 0 fully saturated rings. The summed E-state index contributed by atoms with van der Waals surface area (Å²) in [5.41, 5.74) is 1.77. The average Bonchev–Trinajstić information content (AvgIpc) is 2.52. The van der Waals surface area contributed by atoms with Crippen molar-refractivity contribution < 1.29 is 13.6 Å². The molecule has 2 rings (SSSR count). The summed E-state index contributed by atoms with van der Waals surface area (Å²) < 4.78 is 27.7. The fourth-order valence-corrected chi connectivity index (χ4v) is 1.86. The highest BCUT2D eigenvalue weighted by Crippen LogP contribution is 2.26. The van der Waals surface area contributed by atoms with Crippen LogP contribution in [-0.4, -0.2) is 16.1 Å². The minimum absolute atomic E-state index is 0.271. The van der Waals surface area contributed by atoms with E-state index >= 15 is 0 Å². The van der Waals surface area contributed by atoms with E-state index in [-0.39, 0.29) is 5.69 Å². The SMILES string of the molecule is Cc1c(C=O)nn(C)c1-c1cc(F)cc(F)c1. The third-order valence-electron chi connectivity index (χ3n) is 2.57. The molecule has 1 aromatic carbocycles. The highest BCUT2D eigenvalue weighted by Gasteiger charge is 2.14. The Hall–Kier alpha value is -2.04. The molecule has 0 bridgehead atoms. The first-order valence-electron chi connectivity index (χ1n) is 4.98. The molecular formula is C12H10F2N2O. The number of carbonyl (C=O) groups is 1. The quantitative estimate of drug-likeness (QED) is 0.751. The van der Waals surface area contributed by atoms with Crippen LogP contribution < -0.4 is 0 Å². The van der Waals surface area contributed by atoms with Crippen molar-refractivity contribution in [2.45, 2.75) is 6.92 Å². The van der Waals surface area contributed by atoms with Crippen LogP contribution in [0, 0.1) is 18.6 Å². The maximum atomic E-state index is 13.1. The number of hydrogen-bond acceptors (Lipinski definition) is 2. The number of hydrogen-bond donors (Lipinski definition) is 0. The maximum absolute atomic E-state index is 13.1. The van der Waals surface area contributed by atoms with Crippen LogP contribution in [0.25, 0.3) is 11.3 Å². The molecule has 0 aliphatic heterocycles. The number of nitrogens with zero attached hydrogens (tertiary/aromatic N) is 2. The number of aldehydes is 1. The Morgan fingerprint density at radius 1 is 1.24 bits per heavy atom. The molecule has 2 aromatic rings. The number of halogens is 2. The van der Waals surface area contributed by atoms with Crippen molar-refractivity contribution in [1.82, 2.24) is 9.78 Å². The normalized spacial score (nSPS) is 10.6. The number of benzene rings is 1. The minimum atomic E-state index is -0.659. The van der Waals surface area contributed by atoms with Gasteiger partial charge in [-0.05, 0) is 19.1 Å². The number of aryl methyl sites for hydroxylation is 1. The summed E-state index contributed by atoms with van der Waals surface area (Å²) in [5.74, 6) is -1.32. The van der Waals surface area contributed by atoms with Crippen molar-refractivity contribution in [3.8, 4) is 11.3 Å². The van der Waals surface area contributed by atoms with Gasteiger partial charge in [-0.25, -0.2) is 8.78 Å². The van der Waals surface area contributed by atoms with Gasteiger partial charge >= 0.3 is 0 Å². The minimum Gasteiger partial charge on any atom is -0.296 e. The fraction of sp³-hybridized carbons (Fsp3) is 0.167. The van der Waals surface area contributed by atoms with Crippen molar-refractivity contribution >= 4 is 6.29 Å². The summed E-state index contributed by atoms with van der Waals surface area (Å²) in [6, 6.07) is 3.22. The molecule has 3 nitrogen and oxygen atoms in total. The molecule has 0 unspecified atom stereocenters. The van der Waals surface area contributed by atoms with Crippen LogP contribution in [0.4, 0.5) is 8.78 Å². The standard InChI is InChI=1S/C12H10F2N2O/c1-7-11(6-17)15-16(2)12(7)8-3-9(13)5-10(14)4-8/h3-6H,1-2H3. The largest absolute Gasteiger partial charge is 0.296 e. The Balaban J connectivity index is 2.67. The average molecular weight is 236 g/mol. The van der Waals surface area contributed by atoms with Gasteiger partial charge in [0.05, 0.1) is 5.69 Å². The second-order valence-electron chi connectivity index (χ2n) is 3.76. The van der Waals surface area contributed by atoms with E-state index in [2.05, 4.69) is 5.10 Å². The summed E-state index contributed by atoms with van der Waals surface area (Å²) in [6.45, 7) is 1.69. The highest BCUT2D eigenvalue weighted by atomic mass is 19.1. The van der Waals surface area contributed by atoms with Crippen LogP contribution in [-0.2, 0) is 7.05 Å². The van der Waals surface area contributed by atoms with Crippen LogP contribution in [0.15, 0.2) is 18.2 Å². The Kier molecular flexibility index (Phi) is 2.75. The first kappa shape index (κ1) is 11.4. The van der Waals surface area contributed by atoms with E-state index in [9.17, 15) is 13.6 Å². The second-order valence-corrected chi connectivity index (χ2v) is 3.76. The summed E-state index contributed by atoms with van der Waals surface area (Å²) in [4.78, 5) is 10.7. The molecule has 17 heavy (non-hydrogen) atoms. The summed E-state index contributed by atoms with van der Waals surface area (Å²) in [6.07, 6.45) is 0.620. The van der Waals surface area contributed by atoms with Gasteiger partial charge in [-0.3, -0.25) is 9.48 Å². The Morgan fingerprint density at radius 2 is 1.82 bits per heavy atom. The predicted molar refractivity (Wildman–Crippen MR) is 58.7 cm³/mol. The molecule has 0 aliphatic carbocycles. The lowest BCUT2D eigenvalue weighted by molar-refractivity contribution is 0.111. The van der Waals surface area contributed by atoms with Gasteiger partial charge in [0.15, 0.2) is 6.29 Å². The van der Waals surface area contributed by atoms with E-state index in [0.717, 1.165) is 6.07 Å². The van der Waals surface area contributed by atoms with Gasteiger partial charge in [-0.15, -0.1) is 0 Å². The number of carbonyl (C=O) groups excluding carboxylic acids is 1. The van der Waals surface area contributed by atoms with Gasteiger partial charge in [-0.2, -0.15) is 5.10 Å². The highest BCUT2D eigenvalue weighted by molar-refractivity contribution is 5.79. The van der Waals surface area contributed by atoms with E-state index in [0.29, 0.717) is 23.1 Å². The van der Waals surface area contributed by atoms with Crippen LogP contribution in [0.5, 0.6) is 0 Å². The molecule has 0 radical (unpaired) electrons. The molecule has 0 atom stereocenters. The molecule has 0 aliphatic rings. The number of aromatic nitrogens is 2. The molecule has 0 saturated heterocycles. The van der Waals surface area contributed by atoms with E-state index in [1.54, 1.807) is 14.0 Å². The summed E-state index contributed by atoms with van der Waals surface area (Å²) in [5, 5.41) is 3.97. The Morgan fingerprint density at radius 3 is 2.29 bits per heavy atom. The molecule has 1 heterocycles. The smallest absolute Gasteiger partial charge is 0.170 e. The lowest BCUT2D eigenvalue weighted by Crippen LogP contribution is -1.95. The molecule has 1 aromatic heterocycles. The van der Waals surface area contributed by atoms with Gasteiger partial charge in [0.2, 0.25) is 0 Å². The predicted octanol–water partition coefficient (Wildman–Crippen LogP) is 2.49. The molecule has 0 N–H and O–H groups in total. The third-order valence-corrected chi connectivity index (χ3v) is 2.57. The Labute approximate surface area is 96.7 Å². The van der Waals surface area contributed by atoms with Gasteiger partial charge in [0.1, 0.15) is 17.3 Å². The fourth-order valence-electron chi connectivity index (χ4n) is 1.86. The Bertz CT molecular complexity index is 570. The van der Waals surface area contributed by atoms with Crippen LogP contribution >= 0.6 is 0 Å². The van der Waals surface area contributed by atoms with Crippen LogP contribution in [0.3, 0.4) is 0 Å². The zero-order valence-electron chi connectivity index (χ0n) is 9.37.